The van der Waals surface area contributed by atoms with Crippen LogP contribution in [0.3, 0.4) is 0 Å². The molecule has 0 aromatic heterocycles. The van der Waals surface area contributed by atoms with Crippen molar-refractivity contribution in [2.75, 3.05) is 13.2 Å². The molecule has 2 amide bonds. The van der Waals surface area contributed by atoms with Crippen molar-refractivity contribution >= 4 is 23.8 Å². The molecule has 1 aromatic rings. The summed E-state index contributed by atoms with van der Waals surface area (Å²) in [5.41, 5.74) is 0.693. The number of aliphatic hydroxyl groups excluding tert-OH is 5. The number of alkyl carbamates (subject to hydrolysis) is 1. The van der Waals surface area contributed by atoms with E-state index in [1.165, 1.54) is 0 Å². The van der Waals surface area contributed by atoms with E-state index in [0.717, 1.165) is 0 Å². The van der Waals surface area contributed by atoms with Gasteiger partial charge in [-0.1, -0.05) is 30.3 Å². The summed E-state index contributed by atoms with van der Waals surface area (Å²) in [5.74, 6) is -4.32. The second kappa shape index (κ2) is 13.3. The second-order valence-electron chi connectivity index (χ2n) is 6.74. The molecule has 5 atom stereocenters. The van der Waals surface area contributed by atoms with E-state index in [1.54, 1.807) is 30.3 Å². The first kappa shape index (κ1) is 26.9. The highest BCUT2D eigenvalue weighted by Crippen LogP contribution is 2.12. The Bertz CT molecular complexity index is 774. The standard InChI is InChI=1S/C19H26N2O11/c22-8-13(25)16(27)17(28)15(11(23)6-12(24)18(29)30)21-14(26)7-20-19(31)32-9-10-4-2-1-3-5-10/h1-5,11,13,15-17,22-23,25,27-28H,6-9H2,(H,20,31)(H,21,26)(H,29,30)/t11-,13+,15+,16+,17+/m0/s1. The largest absolute Gasteiger partial charge is 0.475 e. The Kier molecular flexibility index (Phi) is 11.2. The summed E-state index contributed by atoms with van der Waals surface area (Å²) in [6.07, 6.45) is -10.0. The maximum Gasteiger partial charge on any atom is 0.407 e. The lowest BCUT2D eigenvalue weighted by Crippen LogP contribution is -2.59. The molecule has 0 aliphatic carbocycles. The first-order valence-electron chi connectivity index (χ1n) is 9.40. The summed E-state index contributed by atoms with van der Waals surface area (Å²) >= 11 is 0. The van der Waals surface area contributed by atoms with Crippen molar-refractivity contribution in [1.29, 1.82) is 0 Å². The fourth-order valence-electron chi connectivity index (χ4n) is 2.52. The van der Waals surface area contributed by atoms with E-state index in [1.807, 2.05) is 5.32 Å². The number of benzene rings is 1. The third-order valence-corrected chi connectivity index (χ3v) is 4.28. The molecule has 13 heteroatoms. The van der Waals surface area contributed by atoms with Crippen molar-refractivity contribution in [3.8, 4) is 0 Å². The van der Waals surface area contributed by atoms with Crippen molar-refractivity contribution in [2.24, 2.45) is 0 Å². The van der Waals surface area contributed by atoms with Crippen molar-refractivity contribution in [2.45, 2.75) is 43.5 Å². The van der Waals surface area contributed by atoms with Crippen LogP contribution in [0.15, 0.2) is 30.3 Å². The van der Waals surface area contributed by atoms with E-state index < -0.39 is 73.8 Å². The molecule has 0 aliphatic rings. The van der Waals surface area contributed by atoms with E-state index in [2.05, 4.69) is 5.32 Å². The average Bonchev–Trinajstić information content (AvgIpc) is 2.78. The molecule has 0 unspecified atom stereocenters. The predicted molar refractivity (Wildman–Crippen MR) is 105 cm³/mol. The highest BCUT2D eigenvalue weighted by molar-refractivity contribution is 6.32. The van der Waals surface area contributed by atoms with Gasteiger partial charge in [0.25, 0.3) is 0 Å². The third kappa shape index (κ3) is 8.95. The van der Waals surface area contributed by atoms with Crippen LogP contribution in [0.25, 0.3) is 0 Å². The van der Waals surface area contributed by atoms with E-state index in [4.69, 9.17) is 14.9 Å². The van der Waals surface area contributed by atoms with Crippen LogP contribution in [-0.4, -0.2) is 98.0 Å². The number of aliphatic carboxylic acids is 1. The minimum Gasteiger partial charge on any atom is -0.475 e. The molecule has 0 radical (unpaired) electrons. The summed E-state index contributed by atoms with van der Waals surface area (Å²) in [5, 5.41) is 61.3. The Morgan fingerprint density at radius 3 is 2.12 bits per heavy atom. The Morgan fingerprint density at radius 1 is 0.938 bits per heavy atom. The molecule has 8 N–H and O–H groups in total. The van der Waals surface area contributed by atoms with Crippen molar-refractivity contribution in [1.82, 2.24) is 10.6 Å². The summed E-state index contributed by atoms with van der Waals surface area (Å²) in [6.45, 7) is -1.75. The van der Waals surface area contributed by atoms with Crippen LogP contribution in [0.2, 0.25) is 0 Å². The lowest BCUT2D eigenvalue weighted by atomic mass is 9.94. The Hall–Kier alpha value is -3.10. The van der Waals surface area contributed by atoms with E-state index in [9.17, 15) is 39.6 Å². The molecule has 0 bridgehead atoms. The number of rotatable bonds is 13. The zero-order valence-electron chi connectivity index (χ0n) is 16.8. The number of aliphatic hydroxyl groups is 5. The van der Waals surface area contributed by atoms with Crippen molar-refractivity contribution < 1.29 is 54.6 Å². The van der Waals surface area contributed by atoms with Crippen LogP contribution in [0, 0.1) is 0 Å². The highest BCUT2D eigenvalue weighted by atomic mass is 16.5. The number of carbonyl (C=O) groups excluding carboxylic acids is 3. The molecule has 1 aromatic carbocycles. The van der Waals surface area contributed by atoms with Gasteiger partial charge in [0.15, 0.2) is 0 Å². The number of hydrogen-bond donors (Lipinski definition) is 8. The fraction of sp³-hybridized carbons (Fsp3) is 0.474. The fourth-order valence-corrected chi connectivity index (χ4v) is 2.52. The van der Waals surface area contributed by atoms with Gasteiger partial charge in [-0.15, -0.1) is 0 Å². The van der Waals surface area contributed by atoms with Gasteiger partial charge in [0.2, 0.25) is 11.7 Å². The maximum absolute atomic E-state index is 12.1. The Balaban J connectivity index is 2.71. The molecule has 1 rings (SSSR count). The molecule has 0 spiro atoms. The summed E-state index contributed by atoms with van der Waals surface area (Å²) in [4.78, 5) is 45.9. The Labute approximate surface area is 182 Å². The molecule has 32 heavy (non-hydrogen) atoms. The number of carboxylic acids is 1. The molecule has 0 heterocycles. The first-order valence-corrected chi connectivity index (χ1v) is 9.40. The van der Waals surface area contributed by atoms with Gasteiger partial charge in [0.05, 0.1) is 18.8 Å². The number of ether oxygens (including phenoxy) is 1. The number of ketones is 1. The highest BCUT2D eigenvalue weighted by Gasteiger charge is 2.37. The summed E-state index contributed by atoms with van der Waals surface area (Å²) in [7, 11) is 0. The minimum absolute atomic E-state index is 0.0725. The van der Waals surface area contributed by atoms with Crippen LogP contribution in [0.5, 0.6) is 0 Å². The number of carboxylic acid groups (broad SMARTS) is 1. The molecule has 0 saturated carbocycles. The van der Waals surface area contributed by atoms with Crippen LogP contribution >= 0.6 is 0 Å². The molecule has 13 nitrogen and oxygen atoms in total. The molecule has 178 valence electrons. The number of nitrogens with one attached hydrogen (secondary N) is 2. The minimum atomic E-state index is -2.11. The van der Waals surface area contributed by atoms with Gasteiger partial charge in [-0.05, 0) is 5.56 Å². The SMILES string of the molecule is O=C(CNC(=O)OCc1ccccc1)N[C@@H]([C@@H](O)[C@H](O)[C@H](O)CO)[C@@H](O)CC(=O)C(=O)O. The lowest BCUT2D eigenvalue weighted by molar-refractivity contribution is -0.151. The Morgan fingerprint density at radius 2 is 1.56 bits per heavy atom. The van der Waals surface area contributed by atoms with E-state index >= 15 is 0 Å². The van der Waals surface area contributed by atoms with Gasteiger partial charge < -0.3 is 46.0 Å². The number of Topliss-reactive ketones (excluding diaryl/α,β-unsaturated/α-hetero) is 1. The zero-order valence-corrected chi connectivity index (χ0v) is 16.8. The lowest BCUT2D eigenvalue weighted by Gasteiger charge is -2.32. The zero-order chi connectivity index (χ0) is 24.3. The van der Waals surface area contributed by atoms with Crippen LogP contribution < -0.4 is 10.6 Å². The van der Waals surface area contributed by atoms with Gasteiger partial charge >= 0.3 is 12.1 Å². The molecular weight excluding hydrogens is 432 g/mol. The first-order chi connectivity index (χ1) is 15.1. The number of hydrogen-bond acceptors (Lipinski definition) is 10. The molecule has 0 saturated heterocycles. The van der Waals surface area contributed by atoms with Gasteiger partial charge in [0, 0.05) is 6.42 Å². The molecule has 0 fully saturated rings. The van der Waals surface area contributed by atoms with Crippen molar-refractivity contribution in [3.63, 3.8) is 0 Å². The topological polar surface area (TPSA) is 223 Å². The molecular formula is C19H26N2O11. The number of amides is 2. The van der Waals surface area contributed by atoms with E-state index in [-0.39, 0.29) is 6.61 Å². The summed E-state index contributed by atoms with van der Waals surface area (Å²) < 4.78 is 4.90. The normalized spacial score (nSPS) is 15.5. The monoisotopic (exact) mass is 458 g/mol. The van der Waals surface area contributed by atoms with E-state index in [0.29, 0.717) is 5.56 Å². The second-order valence-corrected chi connectivity index (χ2v) is 6.74. The van der Waals surface area contributed by atoms with Crippen LogP contribution in [0.4, 0.5) is 4.79 Å². The quantitative estimate of drug-likeness (QED) is 0.138. The van der Waals surface area contributed by atoms with Gasteiger partial charge in [-0.25, -0.2) is 9.59 Å². The van der Waals surface area contributed by atoms with Crippen molar-refractivity contribution in [3.05, 3.63) is 35.9 Å². The third-order valence-electron chi connectivity index (χ3n) is 4.28. The van der Waals surface area contributed by atoms with Crippen LogP contribution in [0.1, 0.15) is 12.0 Å². The summed E-state index contributed by atoms with van der Waals surface area (Å²) in [6, 6.07) is 6.82. The average molecular weight is 458 g/mol. The maximum atomic E-state index is 12.1. The van der Waals surface area contributed by atoms with Crippen LogP contribution in [-0.2, 0) is 25.7 Å². The number of carbonyl (C=O) groups is 4. The predicted octanol–water partition coefficient (Wildman–Crippen LogP) is -3.12. The molecule has 0 aliphatic heterocycles. The van der Waals surface area contributed by atoms with Gasteiger partial charge in [-0.3, -0.25) is 9.59 Å². The van der Waals surface area contributed by atoms with Gasteiger partial charge in [0.1, 0.15) is 31.5 Å². The smallest absolute Gasteiger partial charge is 0.407 e. The van der Waals surface area contributed by atoms with Gasteiger partial charge in [-0.2, -0.15) is 0 Å².